The van der Waals surface area contributed by atoms with Gasteiger partial charge >= 0.3 is 0 Å². The normalized spacial score (nSPS) is 11.7. The lowest BCUT2D eigenvalue weighted by Gasteiger charge is -2.20. The fourth-order valence-electron chi connectivity index (χ4n) is 4.13. The van der Waals surface area contributed by atoms with E-state index in [0.29, 0.717) is 23.4 Å². The van der Waals surface area contributed by atoms with E-state index in [2.05, 4.69) is 10.4 Å². The Labute approximate surface area is 203 Å². The number of amides is 1. The maximum Gasteiger partial charge on any atom is 0.270 e. The van der Waals surface area contributed by atoms with Crippen molar-refractivity contribution in [2.45, 2.75) is 12.5 Å². The number of hydrogen-bond donors (Lipinski definition) is 1. The number of aromatic nitrogens is 2. The van der Waals surface area contributed by atoms with Gasteiger partial charge in [-0.3, -0.25) is 4.79 Å². The van der Waals surface area contributed by atoms with Crippen LogP contribution in [-0.2, 0) is 6.42 Å². The molecule has 4 aromatic carbocycles. The third kappa shape index (κ3) is 5.04. The summed E-state index contributed by atoms with van der Waals surface area (Å²) in [5, 5.41) is 7.81. The van der Waals surface area contributed by atoms with Gasteiger partial charge in [0.1, 0.15) is 11.5 Å². The number of halogens is 1. The van der Waals surface area contributed by atoms with Gasteiger partial charge in [0.25, 0.3) is 5.91 Å². The van der Waals surface area contributed by atoms with Crippen LogP contribution in [0.1, 0.15) is 27.7 Å². The molecule has 5 rings (SSSR count). The first-order chi connectivity index (χ1) is 17.2. The molecule has 1 atom stereocenters. The highest BCUT2D eigenvalue weighted by Crippen LogP contribution is 2.25. The van der Waals surface area contributed by atoms with Gasteiger partial charge in [-0.25, -0.2) is 9.07 Å². The van der Waals surface area contributed by atoms with E-state index in [9.17, 15) is 9.18 Å². The standard InChI is InChI=1S/C30H24FN3O/c31-26-19-11-10-18-25(26)28-21-29(34(33-28)24-16-8-3-9-17-24)30(35)32-27(23-14-6-2-7-15-23)20-22-12-4-1-5-13-22/h1-19,21,27H,20H2,(H,32,35). The molecule has 0 saturated carbocycles. The number of para-hydroxylation sites is 1. The van der Waals surface area contributed by atoms with Gasteiger partial charge < -0.3 is 5.32 Å². The SMILES string of the molecule is O=C(NC(Cc1ccccc1)c1ccccc1)c1cc(-c2ccccc2F)nn1-c1ccccc1. The summed E-state index contributed by atoms with van der Waals surface area (Å²) in [6, 6.07) is 37.2. The van der Waals surface area contributed by atoms with Crippen molar-refractivity contribution >= 4 is 5.91 Å². The lowest BCUT2D eigenvalue weighted by atomic mass is 9.98. The van der Waals surface area contributed by atoms with E-state index in [1.807, 2.05) is 91.0 Å². The predicted octanol–water partition coefficient (Wildman–Crippen LogP) is 6.39. The average molecular weight is 462 g/mol. The molecule has 1 heterocycles. The van der Waals surface area contributed by atoms with Crippen LogP contribution in [0.5, 0.6) is 0 Å². The Hall–Kier alpha value is -4.51. The van der Waals surface area contributed by atoms with Crippen molar-refractivity contribution in [3.05, 3.63) is 144 Å². The smallest absolute Gasteiger partial charge is 0.270 e. The molecule has 0 spiro atoms. The summed E-state index contributed by atoms with van der Waals surface area (Å²) in [5.74, 6) is -0.669. The molecule has 4 nitrogen and oxygen atoms in total. The van der Waals surface area contributed by atoms with E-state index in [-0.39, 0.29) is 17.8 Å². The Morgan fingerprint density at radius 3 is 2.09 bits per heavy atom. The van der Waals surface area contributed by atoms with Gasteiger partial charge in [0.2, 0.25) is 0 Å². The molecule has 35 heavy (non-hydrogen) atoms. The minimum absolute atomic E-state index is 0.248. The van der Waals surface area contributed by atoms with E-state index in [1.165, 1.54) is 6.07 Å². The summed E-state index contributed by atoms with van der Waals surface area (Å²) in [7, 11) is 0. The zero-order valence-electron chi connectivity index (χ0n) is 19.0. The van der Waals surface area contributed by atoms with Crippen LogP contribution in [0.15, 0.2) is 121 Å². The molecule has 5 aromatic rings. The van der Waals surface area contributed by atoms with Crippen LogP contribution >= 0.6 is 0 Å². The van der Waals surface area contributed by atoms with Gasteiger partial charge in [-0.1, -0.05) is 91.0 Å². The average Bonchev–Trinajstić information content (AvgIpc) is 3.36. The molecule has 0 aliphatic heterocycles. The van der Waals surface area contributed by atoms with E-state index >= 15 is 0 Å². The van der Waals surface area contributed by atoms with Crippen molar-refractivity contribution in [2.24, 2.45) is 0 Å². The fraction of sp³-hybridized carbons (Fsp3) is 0.0667. The Kier molecular flexibility index (Phi) is 6.48. The highest BCUT2D eigenvalue weighted by molar-refractivity contribution is 5.94. The zero-order chi connectivity index (χ0) is 24.0. The van der Waals surface area contributed by atoms with Crippen molar-refractivity contribution in [3.63, 3.8) is 0 Å². The van der Waals surface area contributed by atoms with Crippen LogP contribution in [0.3, 0.4) is 0 Å². The highest BCUT2D eigenvalue weighted by atomic mass is 19.1. The van der Waals surface area contributed by atoms with Crippen LogP contribution in [0, 0.1) is 5.82 Å². The van der Waals surface area contributed by atoms with Crippen LogP contribution in [0.4, 0.5) is 4.39 Å². The first-order valence-corrected chi connectivity index (χ1v) is 11.5. The molecule has 0 radical (unpaired) electrons. The van der Waals surface area contributed by atoms with Crippen LogP contribution in [-0.4, -0.2) is 15.7 Å². The number of rotatable bonds is 7. The molecule has 1 aromatic heterocycles. The van der Waals surface area contributed by atoms with Gasteiger partial charge in [-0.05, 0) is 47.9 Å². The second-order valence-corrected chi connectivity index (χ2v) is 8.27. The number of carbonyl (C=O) groups excluding carboxylic acids is 1. The molecule has 1 N–H and O–H groups in total. The molecule has 172 valence electrons. The molecule has 0 aliphatic carbocycles. The first kappa shape index (κ1) is 22.3. The van der Waals surface area contributed by atoms with Crippen molar-refractivity contribution in [3.8, 4) is 16.9 Å². The number of nitrogens with one attached hydrogen (secondary N) is 1. The summed E-state index contributed by atoms with van der Waals surface area (Å²) in [6.07, 6.45) is 0.635. The molecule has 0 fully saturated rings. The molecule has 1 unspecified atom stereocenters. The Bertz CT molecular complexity index is 1420. The van der Waals surface area contributed by atoms with Crippen molar-refractivity contribution in [1.82, 2.24) is 15.1 Å². The summed E-state index contributed by atoms with van der Waals surface area (Å²) in [4.78, 5) is 13.7. The molecular weight excluding hydrogens is 437 g/mol. The molecule has 0 aliphatic rings. The first-order valence-electron chi connectivity index (χ1n) is 11.5. The summed E-state index contributed by atoms with van der Waals surface area (Å²) >= 11 is 0. The number of benzene rings is 4. The van der Waals surface area contributed by atoms with Crippen LogP contribution < -0.4 is 5.32 Å². The van der Waals surface area contributed by atoms with Crippen molar-refractivity contribution in [2.75, 3.05) is 0 Å². The molecule has 0 bridgehead atoms. The summed E-state index contributed by atoms with van der Waals surface area (Å²) < 4.78 is 16.1. The number of nitrogens with zero attached hydrogens (tertiary/aromatic N) is 2. The third-order valence-corrected chi connectivity index (χ3v) is 5.88. The molecule has 1 amide bonds. The Morgan fingerprint density at radius 1 is 0.800 bits per heavy atom. The Morgan fingerprint density at radius 2 is 1.40 bits per heavy atom. The van der Waals surface area contributed by atoms with E-state index in [4.69, 9.17) is 0 Å². The number of carbonyl (C=O) groups is 1. The van der Waals surface area contributed by atoms with Crippen molar-refractivity contribution in [1.29, 1.82) is 0 Å². The van der Waals surface area contributed by atoms with E-state index < -0.39 is 0 Å². The van der Waals surface area contributed by atoms with Gasteiger partial charge in [-0.2, -0.15) is 5.10 Å². The maximum absolute atomic E-state index is 14.5. The fourth-order valence-corrected chi connectivity index (χ4v) is 4.13. The lowest BCUT2D eigenvalue weighted by molar-refractivity contribution is 0.0928. The topological polar surface area (TPSA) is 46.9 Å². The minimum Gasteiger partial charge on any atom is -0.344 e. The third-order valence-electron chi connectivity index (χ3n) is 5.88. The quantitative estimate of drug-likeness (QED) is 0.305. The highest BCUT2D eigenvalue weighted by Gasteiger charge is 2.22. The molecule has 0 saturated heterocycles. The Balaban J connectivity index is 1.53. The van der Waals surface area contributed by atoms with Gasteiger partial charge in [0, 0.05) is 5.56 Å². The maximum atomic E-state index is 14.5. The second kappa shape index (κ2) is 10.2. The summed E-state index contributed by atoms with van der Waals surface area (Å²) in [5.41, 5.74) is 3.93. The zero-order valence-corrected chi connectivity index (χ0v) is 19.0. The van der Waals surface area contributed by atoms with Crippen molar-refractivity contribution < 1.29 is 9.18 Å². The van der Waals surface area contributed by atoms with E-state index in [1.54, 1.807) is 28.9 Å². The number of hydrogen-bond acceptors (Lipinski definition) is 2. The predicted molar refractivity (Wildman–Crippen MR) is 136 cm³/mol. The van der Waals surface area contributed by atoms with Gasteiger partial charge in [-0.15, -0.1) is 0 Å². The van der Waals surface area contributed by atoms with E-state index in [0.717, 1.165) is 16.8 Å². The minimum atomic E-state index is -0.386. The lowest BCUT2D eigenvalue weighted by Crippen LogP contribution is -2.31. The van der Waals surface area contributed by atoms with Crippen LogP contribution in [0.2, 0.25) is 0 Å². The summed E-state index contributed by atoms with van der Waals surface area (Å²) in [6.45, 7) is 0. The second-order valence-electron chi connectivity index (χ2n) is 8.27. The monoisotopic (exact) mass is 461 g/mol. The van der Waals surface area contributed by atoms with Gasteiger partial charge in [0.05, 0.1) is 17.4 Å². The van der Waals surface area contributed by atoms with Crippen LogP contribution in [0.25, 0.3) is 16.9 Å². The largest absolute Gasteiger partial charge is 0.344 e. The van der Waals surface area contributed by atoms with Gasteiger partial charge in [0.15, 0.2) is 0 Å². The molecular formula is C30H24FN3O. The molecule has 5 heteroatoms.